The Kier molecular flexibility index (Phi) is 4.79. The summed E-state index contributed by atoms with van der Waals surface area (Å²) >= 11 is 0. The zero-order valence-electron chi connectivity index (χ0n) is 14.9. The van der Waals surface area contributed by atoms with Crippen molar-refractivity contribution in [2.75, 3.05) is 39.8 Å². The quantitative estimate of drug-likeness (QED) is 0.799. The second-order valence-electron chi connectivity index (χ2n) is 7.50. The SMILES string of the molecule is CN1CCc2nc([C@@H]3CCCN(S(=O)(=O)N4CCCC4)C3)ncc2C1. The van der Waals surface area contributed by atoms with E-state index in [0.29, 0.717) is 26.2 Å². The third-order valence-corrected chi connectivity index (χ3v) is 7.61. The lowest BCUT2D eigenvalue weighted by molar-refractivity contribution is 0.284. The zero-order valence-corrected chi connectivity index (χ0v) is 15.7. The van der Waals surface area contributed by atoms with Crippen molar-refractivity contribution in [1.29, 1.82) is 0 Å². The Labute approximate surface area is 150 Å². The normalized spacial score (nSPS) is 26.7. The van der Waals surface area contributed by atoms with Crippen LogP contribution in [0.25, 0.3) is 0 Å². The van der Waals surface area contributed by atoms with Crippen LogP contribution in [0.5, 0.6) is 0 Å². The van der Waals surface area contributed by atoms with Gasteiger partial charge in [0.25, 0.3) is 10.2 Å². The van der Waals surface area contributed by atoms with Crippen LogP contribution >= 0.6 is 0 Å². The fourth-order valence-electron chi connectivity index (χ4n) is 4.11. The number of aromatic nitrogens is 2. The molecule has 3 aliphatic heterocycles. The van der Waals surface area contributed by atoms with Crippen molar-refractivity contribution in [2.24, 2.45) is 0 Å². The minimum atomic E-state index is -3.32. The average molecular weight is 366 g/mol. The number of likely N-dealkylation sites (N-methyl/N-ethyl adjacent to an activating group) is 1. The van der Waals surface area contributed by atoms with Crippen molar-refractivity contribution in [1.82, 2.24) is 23.5 Å². The van der Waals surface area contributed by atoms with Crippen LogP contribution in [0, 0.1) is 0 Å². The molecule has 0 amide bonds. The third kappa shape index (κ3) is 3.45. The van der Waals surface area contributed by atoms with Crippen LogP contribution in [-0.4, -0.2) is 71.7 Å². The number of fused-ring (bicyclic) bond motifs is 1. The first-order valence-corrected chi connectivity index (χ1v) is 10.7. The van der Waals surface area contributed by atoms with E-state index in [0.717, 1.165) is 56.7 Å². The van der Waals surface area contributed by atoms with Gasteiger partial charge in [-0.15, -0.1) is 0 Å². The van der Waals surface area contributed by atoms with Crippen LogP contribution in [0.2, 0.25) is 0 Å². The topological polar surface area (TPSA) is 69.6 Å². The van der Waals surface area contributed by atoms with E-state index in [1.54, 1.807) is 8.61 Å². The van der Waals surface area contributed by atoms with Gasteiger partial charge in [-0.3, -0.25) is 0 Å². The van der Waals surface area contributed by atoms with E-state index in [1.165, 1.54) is 5.56 Å². The first-order valence-electron chi connectivity index (χ1n) is 9.32. The molecule has 4 rings (SSSR count). The highest BCUT2D eigenvalue weighted by Crippen LogP contribution is 2.29. The second-order valence-corrected chi connectivity index (χ2v) is 9.43. The molecule has 0 bridgehead atoms. The molecule has 0 unspecified atom stereocenters. The Bertz CT molecular complexity index is 733. The third-order valence-electron chi connectivity index (χ3n) is 5.61. The summed E-state index contributed by atoms with van der Waals surface area (Å²) in [6.07, 6.45) is 6.68. The highest BCUT2D eigenvalue weighted by atomic mass is 32.2. The molecule has 0 aromatic carbocycles. The molecule has 8 heteroatoms. The van der Waals surface area contributed by atoms with Gasteiger partial charge in [-0.05, 0) is 32.7 Å². The molecule has 4 heterocycles. The Morgan fingerprint density at radius 1 is 1.08 bits per heavy atom. The summed E-state index contributed by atoms with van der Waals surface area (Å²) in [5.74, 6) is 0.931. The van der Waals surface area contributed by atoms with Gasteiger partial charge < -0.3 is 4.90 Å². The minimum absolute atomic E-state index is 0.107. The van der Waals surface area contributed by atoms with Crippen LogP contribution in [0.4, 0.5) is 0 Å². The Hall–Kier alpha value is -1.09. The van der Waals surface area contributed by atoms with Crippen molar-refractivity contribution in [3.63, 3.8) is 0 Å². The maximum Gasteiger partial charge on any atom is 0.281 e. The largest absolute Gasteiger partial charge is 0.302 e. The van der Waals surface area contributed by atoms with E-state index in [4.69, 9.17) is 4.98 Å². The molecule has 2 fully saturated rings. The van der Waals surface area contributed by atoms with E-state index in [-0.39, 0.29) is 5.92 Å². The lowest BCUT2D eigenvalue weighted by Gasteiger charge is -2.34. The van der Waals surface area contributed by atoms with Crippen molar-refractivity contribution < 1.29 is 8.42 Å². The zero-order chi connectivity index (χ0) is 17.4. The Morgan fingerprint density at radius 3 is 2.64 bits per heavy atom. The van der Waals surface area contributed by atoms with Gasteiger partial charge in [-0.1, -0.05) is 0 Å². The van der Waals surface area contributed by atoms with Crippen molar-refractivity contribution in [3.05, 3.63) is 23.3 Å². The highest BCUT2D eigenvalue weighted by molar-refractivity contribution is 7.86. The number of hydrogen-bond donors (Lipinski definition) is 0. The second kappa shape index (κ2) is 6.90. The van der Waals surface area contributed by atoms with E-state index in [9.17, 15) is 8.42 Å². The molecule has 1 aromatic rings. The molecule has 0 saturated carbocycles. The molecule has 1 atom stereocenters. The van der Waals surface area contributed by atoms with Gasteiger partial charge in [-0.25, -0.2) is 9.97 Å². The van der Waals surface area contributed by atoms with E-state index < -0.39 is 10.2 Å². The molecule has 0 aliphatic carbocycles. The van der Waals surface area contributed by atoms with E-state index >= 15 is 0 Å². The van der Waals surface area contributed by atoms with Gasteiger partial charge in [0.1, 0.15) is 5.82 Å². The van der Waals surface area contributed by atoms with Crippen LogP contribution in [-0.2, 0) is 23.2 Å². The van der Waals surface area contributed by atoms with Crippen LogP contribution in [0.3, 0.4) is 0 Å². The molecule has 0 radical (unpaired) electrons. The van der Waals surface area contributed by atoms with Crippen LogP contribution < -0.4 is 0 Å². The maximum absolute atomic E-state index is 12.8. The molecule has 25 heavy (non-hydrogen) atoms. The van der Waals surface area contributed by atoms with Gasteiger partial charge in [0.15, 0.2) is 0 Å². The van der Waals surface area contributed by atoms with Crippen molar-refractivity contribution >= 4 is 10.2 Å². The number of nitrogens with zero attached hydrogens (tertiary/aromatic N) is 5. The van der Waals surface area contributed by atoms with Crippen molar-refractivity contribution in [2.45, 2.75) is 44.6 Å². The molecule has 3 aliphatic rings. The smallest absolute Gasteiger partial charge is 0.281 e. The monoisotopic (exact) mass is 365 g/mol. The summed E-state index contributed by atoms with van der Waals surface area (Å²) in [5.41, 5.74) is 2.34. The molecule has 0 spiro atoms. The fraction of sp³-hybridized carbons (Fsp3) is 0.765. The Balaban J connectivity index is 1.51. The van der Waals surface area contributed by atoms with E-state index in [2.05, 4.69) is 16.9 Å². The van der Waals surface area contributed by atoms with E-state index in [1.807, 2.05) is 6.20 Å². The molecule has 138 valence electrons. The summed E-state index contributed by atoms with van der Waals surface area (Å²) in [5, 5.41) is 0. The van der Waals surface area contributed by atoms with Gasteiger partial charge in [0.05, 0.1) is 0 Å². The first-order chi connectivity index (χ1) is 12.0. The molecule has 0 N–H and O–H groups in total. The maximum atomic E-state index is 12.8. The predicted octanol–water partition coefficient (Wildman–Crippen LogP) is 0.985. The molecule has 7 nitrogen and oxygen atoms in total. The van der Waals surface area contributed by atoms with Gasteiger partial charge in [0.2, 0.25) is 0 Å². The predicted molar refractivity (Wildman–Crippen MR) is 95.3 cm³/mol. The number of piperidine rings is 1. The molecule has 1 aromatic heterocycles. The van der Waals surface area contributed by atoms with Gasteiger partial charge in [-0.2, -0.15) is 17.0 Å². The summed E-state index contributed by atoms with van der Waals surface area (Å²) in [6, 6.07) is 0. The average Bonchev–Trinajstić information content (AvgIpc) is 3.17. The summed E-state index contributed by atoms with van der Waals surface area (Å²) < 4.78 is 29.0. The van der Waals surface area contributed by atoms with Gasteiger partial charge in [0, 0.05) is 69.1 Å². The lowest BCUT2D eigenvalue weighted by atomic mass is 9.98. The van der Waals surface area contributed by atoms with Crippen LogP contribution in [0.15, 0.2) is 6.20 Å². The molecular formula is C17H27N5O2S. The highest BCUT2D eigenvalue weighted by Gasteiger charge is 2.36. The fourth-order valence-corrected chi connectivity index (χ4v) is 5.89. The lowest BCUT2D eigenvalue weighted by Crippen LogP contribution is -2.46. The number of rotatable bonds is 3. The summed E-state index contributed by atoms with van der Waals surface area (Å²) in [6.45, 7) is 4.36. The standard InChI is InChI=1S/C17H27N5O2S/c1-20-10-6-16-15(12-20)11-18-17(19-16)14-5-4-9-22(13-14)25(23,24)21-7-2-3-8-21/h11,14H,2-10,12-13H2,1H3/t14-/m1/s1. The first kappa shape index (κ1) is 17.3. The number of hydrogen-bond acceptors (Lipinski definition) is 5. The Morgan fingerprint density at radius 2 is 1.84 bits per heavy atom. The van der Waals surface area contributed by atoms with Crippen LogP contribution in [0.1, 0.15) is 48.7 Å². The van der Waals surface area contributed by atoms with Gasteiger partial charge >= 0.3 is 0 Å². The summed E-state index contributed by atoms with van der Waals surface area (Å²) in [7, 11) is -1.21. The van der Waals surface area contributed by atoms with Crippen molar-refractivity contribution in [3.8, 4) is 0 Å². The summed E-state index contributed by atoms with van der Waals surface area (Å²) in [4.78, 5) is 11.7. The molecular weight excluding hydrogens is 338 g/mol. The molecule has 2 saturated heterocycles. The minimum Gasteiger partial charge on any atom is -0.302 e.